The summed E-state index contributed by atoms with van der Waals surface area (Å²) in [7, 11) is 1.54. The summed E-state index contributed by atoms with van der Waals surface area (Å²) in [6.45, 7) is -0.209. The summed E-state index contributed by atoms with van der Waals surface area (Å²) in [5.74, 6) is 0.459. The predicted octanol–water partition coefficient (Wildman–Crippen LogP) is 0.0806. The molecule has 0 unspecified atom stereocenters. The number of aromatic nitrogens is 3. The van der Waals surface area contributed by atoms with E-state index >= 15 is 0 Å². The molecule has 0 bridgehead atoms. The van der Waals surface area contributed by atoms with Crippen LogP contribution in [-0.4, -0.2) is 50.7 Å². The fourth-order valence-corrected chi connectivity index (χ4v) is 2.37. The van der Waals surface area contributed by atoms with Crippen molar-refractivity contribution in [3.8, 4) is 5.88 Å². The molecule has 102 valence electrons. The van der Waals surface area contributed by atoms with E-state index in [1.807, 2.05) is 0 Å². The average Bonchev–Trinajstić information content (AvgIpc) is 3.01. The van der Waals surface area contributed by atoms with Gasteiger partial charge in [0, 0.05) is 12.6 Å². The molecule has 0 aromatic carbocycles. The molecular formula is C12H15N3O4. The Balaban J connectivity index is 2.02. The molecule has 0 amide bonds. The molecule has 2 aromatic heterocycles. The smallest absolute Gasteiger partial charge is 0.240 e. The van der Waals surface area contributed by atoms with Crippen molar-refractivity contribution in [2.24, 2.45) is 0 Å². The lowest BCUT2D eigenvalue weighted by Gasteiger charge is -2.14. The highest BCUT2D eigenvalue weighted by Gasteiger charge is 2.35. The molecule has 1 saturated heterocycles. The van der Waals surface area contributed by atoms with Gasteiger partial charge in [-0.1, -0.05) is 0 Å². The number of aliphatic hydroxyl groups excluding tert-OH is 2. The third-order valence-corrected chi connectivity index (χ3v) is 3.34. The Labute approximate surface area is 109 Å². The summed E-state index contributed by atoms with van der Waals surface area (Å²) >= 11 is 0. The molecule has 1 aliphatic heterocycles. The van der Waals surface area contributed by atoms with E-state index in [1.165, 1.54) is 0 Å². The second kappa shape index (κ2) is 4.76. The Morgan fingerprint density at radius 2 is 2.37 bits per heavy atom. The van der Waals surface area contributed by atoms with Crippen LogP contribution in [0.5, 0.6) is 5.88 Å². The fraction of sp³-hybridized carbons (Fsp3) is 0.500. The zero-order chi connectivity index (χ0) is 13.4. The van der Waals surface area contributed by atoms with Crippen LogP contribution in [0, 0.1) is 0 Å². The minimum absolute atomic E-state index is 0.209. The van der Waals surface area contributed by atoms with Crippen LogP contribution in [-0.2, 0) is 4.74 Å². The van der Waals surface area contributed by atoms with E-state index in [1.54, 1.807) is 30.3 Å². The van der Waals surface area contributed by atoms with Gasteiger partial charge >= 0.3 is 0 Å². The number of pyridine rings is 1. The molecule has 1 aliphatic rings. The molecule has 2 N–H and O–H groups in total. The number of nitrogens with zero attached hydrogens (tertiary/aromatic N) is 3. The Morgan fingerprint density at radius 3 is 3.05 bits per heavy atom. The zero-order valence-corrected chi connectivity index (χ0v) is 10.4. The van der Waals surface area contributed by atoms with Crippen LogP contribution in [0.2, 0.25) is 0 Å². The van der Waals surface area contributed by atoms with Gasteiger partial charge in [0.25, 0.3) is 0 Å². The largest absolute Gasteiger partial charge is 0.479 e. The summed E-state index contributed by atoms with van der Waals surface area (Å²) in [5.41, 5.74) is 1.47. The maximum atomic E-state index is 9.79. The Bertz CT molecular complexity index is 585. The summed E-state index contributed by atoms with van der Waals surface area (Å²) in [4.78, 5) is 8.40. The molecule has 0 aliphatic carbocycles. The number of fused-ring (bicyclic) bond motifs is 1. The number of hydrogen-bond acceptors (Lipinski definition) is 6. The van der Waals surface area contributed by atoms with Crippen molar-refractivity contribution in [3.63, 3.8) is 0 Å². The quantitative estimate of drug-likeness (QED) is 0.817. The van der Waals surface area contributed by atoms with E-state index in [2.05, 4.69) is 9.97 Å². The number of ether oxygens (including phenoxy) is 2. The molecule has 19 heavy (non-hydrogen) atoms. The number of rotatable bonds is 3. The van der Waals surface area contributed by atoms with Gasteiger partial charge in [-0.2, -0.15) is 0 Å². The average molecular weight is 265 g/mol. The third kappa shape index (κ3) is 1.95. The normalized spacial score (nSPS) is 27.0. The van der Waals surface area contributed by atoms with Gasteiger partial charge in [-0.05, 0) is 6.07 Å². The van der Waals surface area contributed by atoms with Crippen LogP contribution in [0.1, 0.15) is 12.6 Å². The van der Waals surface area contributed by atoms with E-state index < -0.39 is 12.2 Å². The lowest BCUT2D eigenvalue weighted by molar-refractivity contribution is -0.0431. The van der Waals surface area contributed by atoms with Crippen LogP contribution in [0.4, 0.5) is 0 Å². The van der Waals surface area contributed by atoms with Gasteiger partial charge in [0.15, 0.2) is 0 Å². The van der Waals surface area contributed by atoms with E-state index in [0.29, 0.717) is 12.3 Å². The van der Waals surface area contributed by atoms with Crippen LogP contribution >= 0.6 is 0 Å². The Hall–Kier alpha value is -1.70. The Kier molecular flexibility index (Phi) is 3.09. The van der Waals surface area contributed by atoms with Crippen molar-refractivity contribution in [3.05, 3.63) is 18.6 Å². The highest BCUT2D eigenvalue weighted by molar-refractivity contribution is 5.80. The molecule has 3 atom stereocenters. The van der Waals surface area contributed by atoms with E-state index in [-0.39, 0.29) is 12.8 Å². The van der Waals surface area contributed by atoms with Gasteiger partial charge in [0.2, 0.25) is 5.88 Å². The van der Waals surface area contributed by atoms with Crippen LogP contribution in [0.15, 0.2) is 18.6 Å². The van der Waals surface area contributed by atoms with E-state index in [9.17, 15) is 5.11 Å². The maximum absolute atomic E-state index is 9.79. The molecule has 0 radical (unpaired) electrons. The number of methoxy groups -OCH3 is 1. The molecule has 1 fully saturated rings. The first kappa shape index (κ1) is 12.3. The Morgan fingerprint density at radius 1 is 1.53 bits per heavy atom. The third-order valence-electron chi connectivity index (χ3n) is 3.34. The van der Waals surface area contributed by atoms with Gasteiger partial charge < -0.3 is 19.7 Å². The van der Waals surface area contributed by atoms with Crippen molar-refractivity contribution in [2.45, 2.75) is 24.9 Å². The molecule has 0 saturated carbocycles. The second-order valence-corrected chi connectivity index (χ2v) is 4.45. The number of imidazole rings is 1. The van der Waals surface area contributed by atoms with Gasteiger partial charge in [-0.15, -0.1) is 0 Å². The van der Waals surface area contributed by atoms with E-state index in [4.69, 9.17) is 14.6 Å². The monoisotopic (exact) mass is 265 g/mol. The summed E-state index contributed by atoms with van der Waals surface area (Å²) in [6.07, 6.45) is 2.02. The first-order chi connectivity index (χ1) is 9.24. The zero-order valence-electron chi connectivity index (χ0n) is 10.4. The maximum Gasteiger partial charge on any atom is 0.240 e. The standard InChI is InChI=1S/C12H15N3O4/c1-18-12-11-7(2-3-13-12)14-6-15(11)10-4-8(17)9(5-16)19-10/h2-3,6,8-10,16-17H,4-5H2,1H3/t8-,9+,10+/m0/s1. The molecule has 3 heterocycles. The van der Waals surface area contributed by atoms with Crippen molar-refractivity contribution >= 4 is 11.0 Å². The van der Waals surface area contributed by atoms with Crippen LogP contribution < -0.4 is 4.74 Å². The summed E-state index contributed by atoms with van der Waals surface area (Å²) < 4.78 is 12.6. The van der Waals surface area contributed by atoms with Crippen LogP contribution in [0.25, 0.3) is 11.0 Å². The fourth-order valence-electron chi connectivity index (χ4n) is 2.37. The highest BCUT2D eigenvalue weighted by atomic mass is 16.5. The van der Waals surface area contributed by atoms with Gasteiger partial charge in [0.1, 0.15) is 17.8 Å². The van der Waals surface area contributed by atoms with Gasteiger partial charge in [-0.25, -0.2) is 9.97 Å². The number of aliphatic hydroxyl groups is 2. The highest BCUT2D eigenvalue weighted by Crippen LogP contribution is 2.33. The first-order valence-electron chi connectivity index (χ1n) is 6.04. The van der Waals surface area contributed by atoms with Crippen molar-refractivity contribution in [1.82, 2.24) is 14.5 Å². The van der Waals surface area contributed by atoms with Crippen molar-refractivity contribution in [1.29, 1.82) is 0 Å². The summed E-state index contributed by atoms with van der Waals surface area (Å²) in [5, 5.41) is 18.9. The minimum Gasteiger partial charge on any atom is -0.479 e. The van der Waals surface area contributed by atoms with Crippen molar-refractivity contribution in [2.75, 3.05) is 13.7 Å². The summed E-state index contributed by atoms with van der Waals surface area (Å²) in [6, 6.07) is 1.78. The SMILES string of the molecule is COc1nccc2ncn([C@H]3C[C@H](O)[C@@H](CO)O3)c12. The van der Waals surface area contributed by atoms with Crippen molar-refractivity contribution < 1.29 is 19.7 Å². The number of hydrogen-bond donors (Lipinski definition) is 2. The van der Waals surface area contributed by atoms with E-state index in [0.717, 1.165) is 11.0 Å². The topological polar surface area (TPSA) is 89.6 Å². The predicted molar refractivity (Wildman–Crippen MR) is 65.7 cm³/mol. The molecular weight excluding hydrogens is 250 g/mol. The van der Waals surface area contributed by atoms with Crippen LogP contribution in [0.3, 0.4) is 0 Å². The lowest BCUT2D eigenvalue weighted by Crippen LogP contribution is -2.24. The molecule has 7 heteroatoms. The lowest BCUT2D eigenvalue weighted by atomic mass is 10.2. The molecule has 0 spiro atoms. The molecule has 7 nitrogen and oxygen atoms in total. The van der Waals surface area contributed by atoms with Gasteiger partial charge in [-0.3, -0.25) is 4.57 Å². The first-order valence-corrected chi connectivity index (χ1v) is 6.04. The molecule has 2 aromatic rings. The van der Waals surface area contributed by atoms with Gasteiger partial charge in [0.05, 0.1) is 31.7 Å². The second-order valence-electron chi connectivity index (χ2n) is 4.45. The minimum atomic E-state index is -0.685. The molecule has 3 rings (SSSR count).